The van der Waals surface area contributed by atoms with Crippen LogP contribution in [0.5, 0.6) is 5.75 Å². The van der Waals surface area contributed by atoms with Crippen LogP contribution in [0.15, 0.2) is 47.5 Å². The molecule has 0 spiro atoms. The molecule has 2 atom stereocenters. The fourth-order valence-electron chi connectivity index (χ4n) is 2.55. The van der Waals surface area contributed by atoms with E-state index in [0.29, 0.717) is 12.6 Å². The highest BCUT2D eigenvalue weighted by Crippen LogP contribution is 2.28. The normalized spacial score (nSPS) is 20.7. The fourth-order valence-corrected chi connectivity index (χ4v) is 2.55. The first-order valence-corrected chi connectivity index (χ1v) is 7.85. The Bertz CT molecular complexity index is 663. The van der Waals surface area contributed by atoms with Crippen molar-refractivity contribution in [3.63, 3.8) is 0 Å². The minimum Gasteiger partial charge on any atom is -0.491 e. The summed E-state index contributed by atoms with van der Waals surface area (Å²) in [7, 11) is 1.80. The molecule has 0 radical (unpaired) electrons. The summed E-state index contributed by atoms with van der Waals surface area (Å²) in [5.41, 5.74) is 0. The number of nitrogens with zero attached hydrogens (tertiary/aromatic N) is 1. The van der Waals surface area contributed by atoms with Crippen molar-refractivity contribution in [3.8, 4) is 5.75 Å². The third-order valence-corrected chi connectivity index (χ3v) is 4.06. The Balaban J connectivity index is 1.50. The second-order valence-corrected chi connectivity index (χ2v) is 5.79. The third-order valence-electron chi connectivity index (χ3n) is 4.06. The van der Waals surface area contributed by atoms with Gasteiger partial charge in [-0.25, -0.2) is 0 Å². The number of hydrogen-bond donors (Lipinski definition) is 2. The Morgan fingerprint density at radius 2 is 2.00 bits per heavy atom. The Morgan fingerprint density at radius 3 is 2.77 bits per heavy atom. The zero-order valence-electron chi connectivity index (χ0n) is 13.2. The molecule has 2 aromatic rings. The van der Waals surface area contributed by atoms with Crippen LogP contribution in [-0.4, -0.2) is 32.2 Å². The molecule has 1 aliphatic carbocycles. The minimum atomic E-state index is 0.574. The Morgan fingerprint density at radius 1 is 1.23 bits per heavy atom. The second-order valence-electron chi connectivity index (χ2n) is 5.79. The topological polar surface area (TPSA) is 45.7 Å². The molecule has 1 fully saturated rings. The van der Waals surface area contributed by atoms with Gasteiger partial charge in [0.1, 0.15) is 12.4 Å². The quantitative estimate of drug-likeness (QED) is 0.507. The molecule has 2 N–H and O–H groups in total. The Labute approximate surface area is 131 Å². The minimum absolute atomic E-state index is 0.574. The molecule has 1 saturated carbocycles. The zero-order chi connectivity index (χ0) is 15.4. The molecule has 0 aromatic heterocycles. The van der Waals surface area contributed by atoms with Crippen molar-refractivity contribution in [3.05, 3.63) is 42.5 Å². The van der Waals surface area contributed by atoms with Gasteiger partial charge in [0.15, 0.2) is 5.96 Å². The molecule has 4 nitrogen and oxygen atoms in total. The van der Waals surface area contributed by atoms with Crippen LogP contribution in [-0.2, 0) is 0 Å². The van der Waals surface area contributed by atoms with Crippen molar-refractivity contribution in [1.82, 2.24) is 10.6 Å². The Kier molecular flexibility index (Phi) is 4.47. The molecule has 0 aliphatic heterocycles. The molecule has 0 saturated heterocycles. The molecule has 0 bridgehead atoms. The van der Waals surface area contributed by atoms with Gasteiger partial charge in [-0.2, -0.15) is 0 Å². The average molecular weight is 297 g/mol. The smallest absolute Gasteiger partial charge is 0.191 e. The predicted molar refractivity (Wildman–Crippen MR) is 91.5 cm³/mol. The van der Waals surface area contributed by atoms with Crippen LogP contribution in [0, 0.1) is 5.92 Å². The largest absolute Gasteiger partial charge is 0.491 e. The third kappa shape index (κ3) is 3.50. The highest BCUT2D eigenvalue weighted by molar-refractivity contribution is 5.88. The van der Waals surface area contributed by atoms with Gasteiger partial charge in [0, 0.05) is 18.5 Å². The van der Waals surface area contributed by atoms with Gasteiger partial charge in [0.25, 0.3) is 0 Å². The van der Waals surface area contributed by atoms with E-state index in [0.717, 1.165) is 29.6 Å². The lowest BCUT2D eigenvalue weighted by Gasteiger charge is -2.13. The van der Waals surface area contributed by atoms with E-state index in [9.17, 15) is 0 Å². The van der Waals surface area contributed by atoms with Crippen molar-refractivity contribution in [2.75, 3.05) is 20.2 Å². The van der Waals surface area contributed by atoms with Gasteiger partial charge in [-0.1, -0.05) is 43.3 Å². The predicted octanol–water partition coefficient (Wildman–Crippen LogP) is 2.79. The van der Waals surface area contributed by atoms with E-state index in [1.807, 2.05) is 24.3 Å². The van der Waals surface area contributed by atoms with Gasteiger partial charge in [0.2, 0.25) is 0 Å². The number of rotatable bonds is 5. The van der Waals surface area contributed by atoms with E-state index in [2.05, 4.69) is 40.7 Å². The van der Waals surface area contributed by atoms with E-state index < -0.39 is 0 Å². The fraction of sp³-hybridized carbons (Fsp3) is 0.389. The molecule has 2 unspecified atom stereocenters. The summed E-state index contributed by atoms with van der Waals surface area (Å²) >= 11 is 0. The van der Waals surface area contributed by atoms with Crippen molar-refractivity contribution < 1.29 is 4.74 Å². The monoisotopic (exact) mass is 297 g/mol. The number of nitrogens with one attached hydrogen (secondary N) is 2. The zero-order valence-corrected chi connectivity index (χ0v) is 13.2. The Hall–Kier alpha value is -2.23. The van der Waals surface area contributed by atoms with Crippen LogP contribution in [0.25, 0.3) is 10.8 Å². The molecule has 0 heterocycles. The molecule has 0 amide bonds. The van der Waals surface area contributed by atoms with Crippen LogP contribution >= 0.6 is 0 Å². The van der Waals surface area contributed by atoms with Crippen LogP contribution in [0.2, 0.25) is 0 Å². The first kappa shape index (κ1) is 14.7. The number of hydrogen-bond acceptors (Lipinski definition) is 2. The molecule has 116 valence electrons. The van der Waals surface area contributed by atoms with Crippen LogP contribution in [0.3, 0.4) is 0 Å². The summed E-state index contributed by atoms with van der Waals surface area (Å²) in [4.78, 5) is 4.24. The van der Waals surface area contributed by atoms with Crippen molar-refractivity contribution in [2.24, 2.45) is 10.9 Å². The maximum atomic E-state index is 5.91. The van der Waals surface area contributed by atoms with Gasteiger partial charge in [-0.3, -0.25) is 4.99 Å². The first-order chi connectivity index (χ1) is 10.8. The first-order valence-electron chi connectivity index (χ1n) is 7.85. The molecule has 4 heteroatoms. The summed E-state index contributed by atoms with van der Waals surface area (Å²) < 4.78 is 5.91. The van der Waals surface area contributed by atoms with Crippen LogP contribution in [0.1, 0.15) is 13.3 Å². The highest BCUT2D eigenvalue weighted by Gasteiger charge is 2.33. The maximum Gasteiger partial charge on any atom is 0.191 e. The van der Waals surface area contributed by atoms with Gasteiger partial charge in [-0.05, 0) is 23.8 Å². The second kappa shape index (κ2) is 6.69. The van der Waals surface area contributed by atoms with Gasteiger partial charge in [-0.15, -0.1) is 0 Å². The van der Waals surface area contributed by atoms with E-state index in [-0.39, 0.29) is 0 Å². The number of ether oxygens (including phenoxy) is 1. The number of guanidine groups is 1. The van der Waals surface area contributed by atoms with Gasteiger partial charge >= 0.3 is 0 Å². The molecule has 1 aliphatic rings. The summed E-state index contributed by atoms with van der Waals surface area (Å²) in [5, 5.41) is 9.05. The van der Waals surface area contributed by atoms with E-state index in [1.54, 1.807) is 7.05 Å². The number of aliphatic imine (C=N–C) groups is 1. The number of benzene rings is 2. The van der Waals surface area contributed by atoms with E-state index in [4.69, 9.17) is 4.74 Å². The molecular weight excluding hydrogens is 274 g/mol. The van der Waals surface area contributed by atoms with Gasteiger partial charge in [0.05, 0.1) is 6.54 Å². The molecule has 2 aromatic carbocycles. The summed E-state index contributed by atoms with van der Waals surface area (Å²) in [6.45, 7) is 3.58. The van der Waals surface area contributed by atoms with Crippen LogP contribution < -0.4 is 15.4 Å². The van der Waals surface area contributed by atoms with Crippen molar-refractivity contribution in [1.29, 1.82) is 0 Å². The molecule has 22 heavy (non-hydrogen) atoms. The standard InChI is InChI=1S/C18H23N3O/c1-13-12-16(13)21-18(19-2)20-10-11-22-17-9-5-7-14-6-3-4-8-15(14)17/h3-9,13,16H,10-12H2,1-2H3,(H2,19,20,21). The SMILES string of the molecule is CN=C(NCCOc1cccc2ccccc12)NC1CC1C. The summed E-state index contributed by atoms with van der Waals surface area (Å²) in [5.74, 6) is 2.54. The lowest BCUT2D eigenvalue weighted by atomic mass is 10.1. The summed E-state index contributed by atoms with van der Waals surface area (Å²) in [6, 6.07) is 15.0. The van der Waals surface area contributed by atoms with Gasteiger partial charge < -0.3 is 15.4 Å². The highest BCUT2D eigenvalue weighted by atomic mass is 16.5. The van der Waals surface area contributed by atoms with E-state index in [1.165, 1.54) is 11.8 Å². The lowest BCUT2D eigenvalue weighted by molar-refractivity contribution is 0.325. The van der Waals surface area contributed by atoms with Crippen LogP contribution in [0.4, 0.5) is 0 Å². The molecular formula is C18H23N3O. The van der Waals surface area contributed by atoms with E-state index >= 15 is 0 Å². The molecule has 3 rings (SSSR count). The number of fused-ring (bicyclic) bond motifs is 1. The average Bonchev–Trinajstić information content (AvgIpc) is 3.25. The van der Waals surface area contributed by atoms with Crippen molar-refractivity contribution >= 4 is 16.7 Å². The lowest BCUT2D eigenvalue weighted by Crippen LogP contribution is -2.40. The summed E-state index contributed by atoms with van der Waals surface area (Å²) in [6.07, 6.45) is 1.23. The maximum absolute atomic E-state index is 5.91. The van der Waals surface area contributed by atoms with Crippen molar-refractivity contribution in [2.45, 2.75) is 19.4 Å².